The quantitative estimate of drug-likeness (QED) is 0.728. The predicted octanol–water partition coefficient (Wildman–Crippen LogP) is 2.67. The van der Waals surface area contributed by atoms with E-state index in [1.54, 1.807) is 30.5 Å². The Bertz CT molecular complexity index is 658. The smallest absolute Gasteiger partial charge is 0.234 e. The molecule has 2 amide bonds. The van der Waals surface area contributed by atoms with Gasteiger partial charge in [0.25, 0.3) is 0 Å². The first-order chi connectivity index (χ1) is 11.7. The molecule has 0 saturated heterocycles. The molecule has 0 aliphatic carbocycles. The Morgan fingerprint density at radius 1 is 1.12 bits per heavy atom. The van der Waals surface area contributed by atoms with Crippen LogP contribution >= 0.6 is 11.8 Å². The molecule has 0 radical (unpaired) electrons. The minimum atomic E-state index is -0.175. The van der Waals surface area contributed by atoms with Gasteiger partial charge in [0, 0.05) is 0 Å². The Morgan fingerprint density at radius 3 is 2.67 bits per heavy atom. The Kier molecular flexibility index (Phi) is 7.22. The Balaban J connectivity index is 1.68. The van der Waals surface area contributed by atoms with Gasteiger partial charge in [0.15, 0.2) is 0 Å². The maximum atomic E-state index is 12.0. The fourth-order valence-electron chi connectivity index (χ4n) is 1.92. The van der Waals surface area contributed by atoms with Crippen molar-refractivity contribution in [1.29, 1.82) is 0 Å². The Labute approximate surface area is 144 Å². The highest BCUT2D eigenvalue weighted by Crippen LogP contribution is 2.23. The maximum Gasteiger partial charge on any atom is 0.234 e. The Hall–Kier alpha value is -2.41. The number of hydrogen-bond acceptors (Lipinski definition) is 5. The van der Waals surface area contributed by atoms with Crippen LogP contribution in [-0.2, 0) is 16.1 Å². The fourth-order valence-corrected chi connectivity index (χ4v) is 2.57. The summed E-state index contributed by atoms with van der Waals surface area (Å²) in [5, 5.41) is 5.52. The summed E-state index contributed by atoms with van der Waals surface area (Å²) in [6.45, 7) is 2.76. The molecule has 0 unspecified atom stereocenters. The van der Waals surface area contributed by atoms with Gasteiger partial charge in [-0.1, -0.05) is 12.1 Å². The summed E-state index contributed by atoms with van der Waals surface area (Å²) >= 11 is 1.25. The molecule has 128 valence electrons. The molecule has 0 fully saturated rings. The van der Waals surface area contributed by atoms with Crippen molar-refractivity contribution in [3.8, 4) is 5.75 Å². The van der Waals surface area contributed by atoms with Crippen LogP contribution in [0, 0.1) is 0 Å². The van der Waals surface area contributed by atoms with E-state index in [2.05, 4.69) is 10.6 Å². The van der Waals surface area contributed by atoms with Crippen LogP contribution < -0.4 is 15.4 Å². The molecule has 0 aliphatic heterocycles. The average Bonchev–Trinajstić information content (AvgIpc) is 3.08. The number of amides is 2. The summed E-state index contributed by atoms with van der Waals surface area (Å²) in [7, 11) is 0. The van der Waals surface area contributed by atoms with Gasteiger partial charge in [-0.3, -0.25) is 9.59 Å². The van der Waals surface area contributed by atoms with Crippen LogP contribution in [0.3, 0.4) is 0 Å². The zero-order valence-corrected chi connectivity index (χ0v) is 14.2. The first kappa shape index (κ1) is 17.9. The molecule has 1 aromatic carbocycles. The van der Waals surface area contributed by atoms with Crippen molar-refractivity contribution in [2.24, 2.45) is 0 Å². The van der Waals surface area contributed by atoms with Gasteiger partial charge >= 0.3 is 0 Å². The van der Waals surface area contributed by atoms with Crippen molar-refractivity contribution in [1.82, 2.24) is 5.32 Å². The topological polar surface area (TPSA) is 80.6 Å². The zero-order chi connectivity index (χ0) is 17.2. The van der Waals surface area contributed by atoms with E-state index in [0.717, 1.165) is 0 Å². The molecule has 0 spiro atoms. The van der Waals surface area contributed by atoms with E-state index in [0.29, 0.717) is 30.3 Å². The second-order valence-corrected chi connectivity index (χ2v) is 5.81. The molecule has 2 aromatic rings. The predicted molar refractivity (Wildman–Crippen MR) is 94.1 cm³/mol. The van der Waals surface area contributed by atoms with Crippen molar-refractivity contribution in [2.45, 2.75) is 13.5 Å². The molecule has 0 aliphatic rings. The number of hydrogen-bond donors (Lipinski definition) is 2. The number of carbonyl (C=O) groups excluding carboxylic acids is 2. The molecule has 0 saturated carbocycles. The van der Waals surface area contributed by atoms with Crippen LogP contribution in [0.1, 0.15) is 12.7 Å². The molecule has 0 bridgehead atoms. The lowest BCUT2D eigenvalue weighted by atomic mass is 10.3. The highest BCUT2D eigenvalue weighted by molar-refractivity contribution is 8.00. The largest absolute Gasteiger partial charge is 0.492 e. The number of thioether (sulfide) groups is 1. The summed E-state index contributed by atoms with van der Waals surface area (Å²) in [6.07, 6.45) is 1.56. The SMILES string of the molecule is CCOc1ccccc1NC(=O)CSCC(=O)NCc1ccco1. The zero-order valence-electron chi connectivity index (χ0n) is 13.4. The number of rotatable bonds is 9. The minimum Gasteiger partial charge on any atom is -0.492 e. The lowest BCUT2D eigenvalue weighted by Crippen LogP contribution is -2.25. The number of benzene rings is 1. The van der Waals surface area contributed by atoms with Gasteiger partial charge in [-0.2, -0.15) is 0 Å². The normalized spacial score (nSPS) is 10.2. The maximum absolute atomic E-state index is 12.0. The van der Waals surface area contributed by atoms with Crippen LogP contribution in [0.4, 0.5) is 5.69 Å². The van der Waals surface area contributed by atoms with E-state index >= 15 is 0 Å². The number of carbonyl (C=O) groups is 2. The van der Waals surface area contributed by atoms with Crippen LogP contribution in [-0.4, -0.2) is 29.9 Å². The first-order valence-electron chi connectivity index (χ1n) is 7.57. The standard InChI is InChI=1S/C17H20N2O4S/c1-2-22-15-8-4-3-7-14(15)19-17(21)12-24-11-16(20)18-10-13-6-5-9-23-13/h3-9H,2,10-12H2,1H3,(H,18,20)(H,19,21). The van der Waals surface area contributed by atoms with Crippen LogP contribution in [0.2, 0.25) is 0 Å². The first-order valence-corrected chi connectivity index (χ1v) is 8.73. The molecule has 1 aromatic heterocycles. The summed E-state index contributed by atoms with van der Waals surface area (Å²) in [5.74, 6) is 1.41. The number of nitrogens with one attached hydrogen (secondary N) is 2. The lowest BCUT2D eigenvalue weighted by molar-refractivity contribution is -0.118. The molecular weight excluding hydrogens is 328 g/mol. The molecule has 2 rings (SSSR count). The van der Waals surface area contributed by atoms with Crippen LogP contribution in [0.25, 0.3) is 0 Å². The van der Waals surface area contributed by atoms with Gasteiger partial charge in [-0.05, 0) is 31.2 Å². The van der Waals surface area contributed by atoms with Gasteiger partial charge < -0.3 is 19.8 Å². The van der Waals surface area contributed by atoms with Crippen molar-refractivity contribution in [3.63, 3.8) is 0 Å². The van der Waals surface area contributed by atoms with E-state index in [1.165, 1.54) is 11.8 Å². The third kappa shape index (κ3) is 6.00. The van der Waals surface area contributed by atoms with Crippen molar-refractivity contribution in [2.75, 3.05) is 23.4 Å². The van der Waals surface area contributed by atoms with Crippen molar-refractivity contribution in [3.05, 3.63) is 48.4 Å². The summed E-state index contributed by atoms with van der Waals surface area (Å²) < 4.78 is 10.6. The molecule has 2 N–H and O–H groups in total. The highest BCUT2D eigenvalue weighted by atomic mass is 32.2. The third-order valence-corrected chi connectivity index (χ3v) is 3.90. The van der Waals surface area contributed by atoms with Gasteiger partial charge in [0.1, 0.15) is 11.5 Å². The summed E-state index contributed by atoms with van der Waals surface area (Å²) in [5.41, 5.74) is 0.632. The molecule has 1 heterocycles. The van der Waals surface area contributed by atoms with E-state index < -0.39 is 0 Å². The Morgan fingerprint density at radius 2 is 1.92 bits per heavy atom. The number of anilines is 1. The van der Waals surface area contributed by atoms with Crippen LogP contribution in [0.15, 0.2) is 47.1 Å². The van der Waals surface area contributed by atoms with E-state index in [1.807, 2.05) is 19.1 Å². The molecule has 24 heavy (non-hydrogen) atoms. The molecule has 6 nitrogen and oxygen atoms in total. The number of furan rings is 1. The van der Waals surface area contributed by atoms with E-state index in [4.69, 9.17) is 9.15 Å². The summed E-state index contributed by atoms with van der Waals surface area (Å²) in [6, 6.07) is 10.8. The number of ether oxygens (including phenoxy) is 1. The minimum absolute atomic E-state index is 0.140. The van der Waals surface area contributed by atoms with E-state index in [-0.39, 0.29) is 23.3 Å². The van der Waals surface area contributed by atoms with Crippen molar-refractivity contribution < 1.29 is 18.7 Å². The van der Waals surface area contributed by atoms with Gasteiger partial charge in [0.2, 0.25) is 11.8 Å². The van der Waals surface area contributed by atoms with Gasteiger partial charge in [0.05, 0.1) is 36.6 Å². The monoisotopic (exact) mass is 348 g/mol. The second-order valence-electron chi connectivity index (χ2n) is 4.83. The molecular formula is C17H20N2O4S. The van der Waals surface area contributed by atoms with Gasteiger partial charge in [-0.25, -0.2) is 0 Å². The summed E-state index contributed by atoms with van der Waals surface area (Å²) in [4.78, 5) is 23.7. The van der Waals surface area contributed by atoms with Crippen LogP contribution in [0.5, 0.6) is 5.75 Å². The average molecular weight is 348 g/mol. The van der Waals surface area contributed by atoms with E-state index in [9.17, 15) is 9.59 Å². The second kappa shape index (κ2) is 9.67. The lowest BCUT2D eigenvalue weighted by Gasteiger charge is -2.11. The van der Waals surface area contributed by atoms with Crippen molar-refractivity contribution >= 4 is 29.3 Å². The highest BCUT2D eigenvalue weighted by Gasteiger charge is 2.09. The fraction of sp³-hybridized carbons (Fsp3) is 0.294. The molecule has 7 heteroatoms. The van der Waals surface area contributed by atoms with Gasteiger partial charge in [-0.15, -0.1) is 11.8 Å². The third-order valence-electron chi connectivity index (χ3n) is 2.97. The number of para-hydroxylation sites is 2. The molecule has 0 atom stereocenters.